The Balaban J connectivity index is 1.71. The van der Waals surface area contributed by atoms with Crippen LogP contribution in [-0.2, 0) is 14.4 Å². The van der Waals surface area contributed by atoms with Gasteiger partial charge in [0.1, 0.15) is 6.04 Å². The number of nitrogens with one attached hydrogen (secondary N) is 2. The molecule has 0 saturated carbocycles. The van der Waals surface area contributed by atoms with E-state index in [2.05, 4.69) is 10.6 Å². The van der Waals surface area contributed by atoms with Crippen molar-refractivity contribution in [2.45, 2.75) is 31.0 Å². The highest BCUT2D eigenvalue weighted by Crippen LogP contribution is 2.40. The van der Waals surface area contributed by atoms with E-state index in [1.165, 1.54) is 12.1 Å². The summed E-state index contributed by atoms with van der Waals surface area (Å²) in [7, 11) is 0. The fraction of sp³-hybridized carbons (Fsp3) is 0.250. The normalized spacial score (nSPS) is 16.7. The third-order valence-corrected chi connectivity index (χ3v) is 7.74. The number of rotatable bonds is 8. The lowest BCUT2D eigenvalue weighted by Gasteiger charge is -2.29. The Bertz CT molecular complexity index is 1460. The Morgan fingerprint density at radius 1 is 1.00 bits per heavy atom. The van der Waals surface area contributed by atoms with Crippen LogP contribution in [0.3, 0.4) is 0 Å². The van der Waals surface area contributed by atoms with Gasteiger partial charge in [-0.25, -0.2) is 0 Å². The Labute approximate surface area is 248 Å². The van der Waals surface area contributed by atoms with Gasteiger partial charge in [-0.1, -0.05) is 71.2 Å². The highest BCUT2D eigenvalue weighted by molar-refractivity contribution is 6.42. The number of hydrogen-bond donors (Lipinski definition) is 3. The predicted octanol–water partition coefficient (Wildman–Crippen LogP) is 6.45. The monoisotopic (exact) mass is 626 g/mol. The molecule has 1 aliphatic rings. The van der Waals surface area contributed by atoms with Crippen LogP contribution in [0.4, 0.5) is 30.2 Å². The summed E-state index contributed by atoms with van der Waals surface area (Å²) in [5.41, 5.74) is 7.13. The molecule has 0 saturated heterocycles. The number of fused-ring (bicyclic) bond motifs is 1. The van der Waals surface area contributed by atoms with E-state index in [0.29, 0.717) is 16.4 Å². The number of anilines is 3. The molecule has 0 aromatic heterocycles. The second kappa shape index (κ2) is 12.6. The Kier molecular flexibility index (Phi) is 9.36. The molecule has 3 aromatic carbocycles. The summed E-state index contributed by atoms with van der Waals surface area (Å²) in [6.45, 7) is -0.151. The Hall–Kier alpha value is -3.47. The van der Waals surface area contributed by atoms with Crippen molar-refractivity contribution < 1.29 is 27.6 Å². The molecule has 7 nitrogen and oxygen atoms in total. The van der Waals surface area contributed by atoms with Crippen molar-refractivity contribution in [2.24, 2.45) is 11.7 Å². The average molecular weight is 628 g/mol. The second-order valence-corrected chi connectivity index (χ2v) is 10.7. The van der Waals surface area contributed by atoms with Crippen LogP contribution < -0.4 is 21.3 Å². The lowest BCUT2D eigenvalue weighted by atomic mass is 9.81. The van der Waals surface area contributed by atoms with Gasteiger partial charge >= 0.3 is 6.18 Å². The summed E-state index contributed by atoms with van der Waals surface area (Å²) < 4.78 is 39.8. The van der Waals surface area contributed by atoms with E-state index in [0.717, 1.165) is 0 Å². The van der Waals surface area contributed by atoms with Gasteiger partial charge in [0.25, 0.3) is 0 Å². The number of alkyl halides is 3. The summed E-state index contributed by atoms with van der Waals surface area (Å²) in [5.74, 6) is -5.46. The van der Waals surface area contributed by atoms with E-state index in [1.54, 1.807) is 59.5 Å². The molecule has 0 unspecified atom stereocenters. The van der Waals surface area contributed by atoms with Gasteiger partial charge in [0.2, 0.25) is 17.7 Å². The molecule has 4 rings (SSSR count). The van der Waals surface area contributed by atoms with Crippen LogP contribution in [0, 0.1) is 5.92 Å². The van der Waals surface area contributed by atoms with Crippen LogP contribution in [0.5, 0.6) is 0 Å². The Morgan fingerprint density at radius 3 is 2.34 bits per heavy atom. The number of hydrogen-bond acceptors (Lipinski definition) is 4. The molecule has 3 atom stereocenters. The molecule has 0 fully saturated rings. The number of amides is 3. The zero-order valence-electron chi connectivity index (χ0n) is 21.2. The van der Waals surface area contributed by atoms with Crippen LogP contribution in [0.15, 0.2) is 66.7 Å². The van der Waals surface area contributed by atoms with Crippen LogP contribution in [0.1, 0.15) is 24.3 Å². The molecular formula is C28H24Cl3F3N4O3. The van der Waals surface area contributed by atoms with Crippen molar-refractivity contribution in [2.75, 3.05) is 16.8 Å². The maximum absolute atomic E-state index is 13.6. The number of carbonyl (C=O) groups excluding carboxylic acids is 3. The number of nitrogens with zero attached hydrogens (tertiary/aromatic N) is 1. The molecule has 4 N–H and O–H groups in total. The summed E-state index contributed by atoms with van der Waals surface area (Å²) in [5, 5.41) is 6.00. The van der Waals surface area contributed by atoms with Crippen molar-refractivity contribution in [3.8, 4) is 0 Å². The number of nitrogens with two attached hydrogens (primary N) is 1. The maximum atomic E-state index is 13.6. The lowest BCUT2D eigenvalue weighted by molar-refractivity contribution is -0.144. The smallest absolute Gasteiger partial charge is 0.369 e. The number of benzene rings is 3. The van der Waals surface area contributed by atoms with Crippen LogP contribution in [0.2, 0.25) is 15.1 Å². The van der Waals surface area contributed by atoms with Gasteiger partial charge in [0, 0.05) is 12.1 Å². The van der Waals surface area contributed by atoms with Crippen molar-refractivity contribution >= 4 is 69.6 Å². The van der Waals surface area contributed by atoms with Crippen molar-refractivity contribution in [1.29, 1.82) is 0 Å². The highest BCUT2D eigenvalue weighted by Gasteiger charge is 2.40. The van der Waals surface area contributed by atoms with Crippen molar-refractivity contribution in [3.63, 3.8) is 0 Å². The highest BCUT2D eigenvalue weighted by atomic mass is 35.5. The van der Waals surface area contributed by atoms with Gasteiger partial charge in [0.15, 0.2) is 0 Å². The molecule has 3 amide bonds. The standard InChI is InChI=1S/C28H24Cl3F3N4O3/c29-18-10-9-16(13-20(18)31)38-14-21(27(41)37-24-19(30)7-4-8-22(24)38)36-26(40)17(11-12-28(32,33)34)23(25(35)39)15-5-2-1-3-6-15/h1-10,13,17,21,23H,11-12,14H2,(H2,35,39)(H,36,40)(H,37,41)/t17-,21+,23+/m1/s1. The van der Waals surface area contributed by atoms with Crippen LogP contribution in [-0.4, -0.2) is 36.5 Å². The summed E-state index contributed by atoms with van der Waals surface area (Å²) in [4.78, 5) is 41.2. The second-order valence-electron chi connectivity index (χ2n) is 9.44. The number of primary amides is 1. The van der Waals surface area contributed by atoms with E-state index >= 15 is 0 Å². The fourth-order valence-corrected chi connectivity index (χ4v) is 5.26. The minimum Gasteiger partial charge on any atom is -0.369 e. The first kappa shape index (κ1) is 30.5. The molecule has 1 heterocycles. The number of para-hydroxylation sites is 1. The maximum Gasteiger partial charge on any atom is 0.389 e. The summed E-state index contributed by atoms with van der Waals surface area (Å²) >= 11 is 18.7. The molecular weight excluding hydrogens is 604 g/mol. The molecule has 216 valence electrons. The molecule has 0 aliphatic carbocycles. The minimum atomic E-state index is -4.60. The van der Waals surface area contributed by atoms with Gasteiger partial charge in [-0.15, -0.1) is 0 Å². The predicted molar refractivity (Wildman–Crippen MR) is 153 cm³/mol. The quantitative estimate of drug-likeness (QED) is 0.267. The number of halogens is 6. The molecule has 0 radical (unpaired) electrons. The van der Waals surface area contributed by atoms with E-state index in [-0.39, 0.29) is 27.8 Å². The summed E-state index contributed by atoms with van der Waals surface area (Å²) in [6.07, 6.45) is -6.66. The first-order valence-electron chi connectivity index (χ1n) is 12.4. The van der Waals surface area contributed by atoms with Crippen LogP contribution >= 0.6 is 34.8 Å². The van der Waals surface area contributed by atoms with Crippen molar-refractivity contribution in [1.82, 2.24) is 5.32 Å². The zero-order valence-corrected chi connectivity index (χ0v) is 23.5. The fourth-order valence-electron chi connectivity index (χ4n) is 4.75. The SMILES string of the molecule is NC(=O)[C@@H](c1ccccc1)[C@@H](CCC(F)(F)F)C(=O)N[C@H]1CN(c2ccc(Cl)c(Cl)c2)c2cccc(Cl)c2NC1=O. The van der Waals surface area contributed by atoms with Gasteiger partial charge in [-0.3, -0.25) is 14.4 Å². The summed E-state index contributed by atoms with van der Waals surface area (Å²) in [6, 6.07) is 16.3. The third-order valence-electron chi connectivity index (χ3n) is 6.69. The zero-order chi connectivity index (χ0) is 29.9. The number of carbonyl (C=O) groups is 3. The molecule has 41 heavy (non-hydrogen) atoms. The van der Waals surface area contributed by atoms with Crippen LogP contribution in [0.25, 0.3) is 0 Å². The average Bonchev–Trinajstić information content (AvgIpc) is 3.05. The minimum absolute atomic E-state index is 0.151. The molecule has 3 aromatic rings. The topological polar surface area (TPSA) is 105 Å². The van der Waals surface area contributed by atoms with Gasteiger partial charge in [-0.05, 0) is 42.3 Å². The van der Waals surface area contributed by atoms with E-state index in [4.69, 9.17) is 40.5 Å². The van der Waals surface area contributed by atoms with Gasteiger partial charge in [-0.2, -0.15) is 13.2 Å². The van der Waals surface area contributed by atoms with Crippen molar-refractivity contribution in [3.05, 3.63) is 87.4 Å². The van der Waals surface area contributed by atoms with E-state index < -0.39 is 54.6 Å². The molecule has 0 bridgehead atoms. The van der Waals surface area contributed by atoms with Gasteiger partial charge in [0.05, 0.1) is 44.8 Å². The molecule has 0 spiro atoms. The van der Waals surface area contributed by atoms with E-state index in [1.807, 2.05) is 0 Å². The first-order chi connectivity index (χ1) is 19.4. The van der Waals surface area contributed by atoms with Gasteiger partial charge < -0.3 is 21.3 Å². The van der Waals surface area contributed by atoms with E-state index in [9.17, 15) is 27.6 Å². The molecule has 1 aliphatic heterocycles. The Morgan fingerprint density at radius 2 is 1.71 bits per heavy atom. The third kappa shape index (κ3) is 7.25. The first-order valence-corrected chi connectivity index (χ1v) is 13.5. The molecule has 13 heteroatoms. The lowest BCUT2D eigenvalue weighted by Crippen LogP contribution is -2.51. The largest absolute Gasteiger partial charge is 0.389 e.